The monoisotopic (exact) mass is 727 g/mol. The highest BCUT2D eigenvalue weighted by atomic mass is 16.5. The molecule has 2 heterocycles. The van der Waals surface area contributed by atoms with Crippen LogP contribution in [-0.4, -0.2) is 119 Å². The van der Waals surface area contributed by atoms with Crippen molar-refractivity contribution in [2.45, 2.75) is 97.2 Å². The Morgan fingerprint density at radius 3 is 1.42 bits per heavy atom. The molecule has 0 unspecified atom stereocenters. The SMILES string of the molecule is COC(=O)c1c(C)n([C@H](C)C2CCC(=O)CC2)c2ccccc12.COC(=O)c1c(C)n([C@H](C)C2CCC(O)CC2)c2ccccc12.[B]B([B])[B].[B][B]B([B])[B]. The summed E-state index contributed by atoms with van der Waals surface area (Å²) >= 11 is 0. The second kappa shape index (κ2) is 21.8. The summed E-state index contributed by atoms with van der Waals surface area (Å²) in [5.74, 6) is 0.802. The predicted molar refractivity (Wildman–Crippen MR) is 232 cm³/mol. The molecule has 0 bridgehead atoms. The maximum atomic E-state index is 12.2. The highest BCUT2D eigenvalue weighted by molar-refractivity contribution is 7.60. The standard InChI is InChI=1S/C19H25NO3.C19H23NO3.B5.B4/c2*1-12(14-8-10-15(21)11-9-14)20-13(2)18(19(22)23-3)16-6-4-5-7-17(16)20;1-4-5(2)3;1-4(2)3/h4-7,12,14-15,21H,8-11H2,1-3H3;4-7,12,14H,8-11H2,1-3H3;;/t12-,14?,15?;12-;;/m11../s1. The number of benzene rings is 2. The van der Waals surface area contributed by atoms with Gasteiger partial charge in [-0.15, -0.1) is 0 Å². The molecule has 2 aromatic carbocycles. The Morgan fingerprint density at radius 1 is 0.727 bits per heavy atom. The highest BCUT2D eigenvalue weighted by Crippen LogP contribution is 2.39. The Hall–Kier alpha value is -3.33. The van der Waals surface area contributed by atoms with Crippen LogP contribution < -0.4 is 0 Å². The van der Waals surface area contributed by atoms with Crippen molar-refractivity contribution >= 4 is 106 Å². The number of rotatable bonds is 7. The topological polar surface area (TPSA) is 99.8 Å². The number of hydrogen-bond acceptors (Lipinski definition) is 6. The summed E-state index contributed by atoms with van der Waals surface area (Å²) in [4.78, 5) is 36.0. The normalized spacial score (nSPS) is 17.9. The third-order valence-electron chi connectivity index (χ3n) is 10.8. The molecule has 0 spiro atoms. The number of para-hydroxylation sites is 2. The lowest BCUT2D eigenvalue weighted by molar-refractivity contribution is -0.121. The first-order valence-corrected chi connectivity index (χ1v) is 19.0. The fraction of sp³-hybridized carbons (Fsp3) is 0.500. The number of ketones is 1. The van der Waals surface area contributed by atoms with Gasteiger partial charge in [-0.05, 0) is 90.2 Å². The number of aromatic nitrogens is 2. The maximum Gasteiger partial charge on any atom is 0.340 e. The second-order valence-electron chi connectivity index (χ2n) is 14.5. The smallest absolute Gasteiger partial charge is 0.340 e. The molecule has 4 aromatic rings. The number of aliphatic hydroxyl groups excluding tert-OH is 1. The summed E-state index contributed by atoms with van der Waals surface area (Å²) in [6.07, 6.45) is 5.74. The fourth-order valence-corrected chi connectivity index (χ4v) is 8.00. The number of ether oxygens (including phenoxy) is 2. The molecule has 273 valence electrons. The number of esters is 2. The van der Waals surface area contributed by atoms with E-state index in [4.69, 9.17) is 32.7 Å². The van der Waals surface area contributed by atoms with E-state index in [1.54, 1.807) is 0 Å². The van der Waals surface area contributed by atoms with Crippen molar-refractivity contribution in [2.24, 2.45) is 11.8 Å². The van der Waals surface area contributed by atoms with Gasteiger partial charge in [0, 0.05) is 124 Å². The van der Waals surface area contributed by atoms with Crippen LogP contribution in [0, 0.1) is 25.7 Å². The lowest BCUT2D eigenvalue weighted by Gasteiger charge is -2.32. The second-order valence-corrected chi connectivity index (χ2v) is 14.5. The van der Waals surface area contributed by atoms with Crippen molar-refractivity contribution in [1.29, 1.82) is 0 Å². The van der Waals surface area contributed by atoms with E-state index in [0.29, 0.717) is 47.6 Å². The summed E-state index contributed by atoms with van der Waals surface area (Å²) in [6, 6.07) is 16.6. The van der Waals surface area contributed by atoms with Crippen molar-refractivity contribution in [1.82, 2.24) is 9.13 Å². The van der Waals surface area contributed by atoms with Crippen molar-refractivity contribution in [3.05, 3.63) is 71.0 Å². The Balaban J connectivity index is 0.000000242. The van der Waals surface area contributed by atoms with E-state index in [1.165, 1.54) is 21.3 Å². The molecule has 2 aromatic heterocycles. The Morgan fingerprint density at radius 2 is 1.07 bits per heavy atom. The van der Waals surface area contributed by atoms with Crippen LogP contribution in [-0.2, 0) is 14.3 Å². The van der Waals surface area contributed by atoms with E-state index in [0.717, 1.165) is 71.7 Å². The number of fused-ring (bicyclic) bond motifs is 2. The number of Topliss-reactive ketones (excluding diaryl/α,β-unsaturated/α-hetero) is 1. The molecular formula is C38H48B9N2O6. The molecule has 2 fully saturated rings. The molecule has 2 saturated carbocycles. The van der Waals surface area contributed by atoms with Gasteiger partial charge in [0.15, 0.2) is 0 Å². The van der Waals surface area contributed by atoms with Crippen LogP contribution in [0.5, 0.6) is 0 Å². The van der Waals surface area contributed by atoms with Crippen LogP contribution in [0.15, 0.2) is 48.5 Å². The molecule has 13 radical (unpaired) electrons. The maximum absolute atomic E-state index is 12.2. The third-order valence-corrected chi connectivity index (χ3v) is 10.8. The first-order valence-electron chi connectivity index (χ1n) is 19.0. The minimum atomic E-state index is -0.667. The molecule has 2 aliphatic rings. The zero-order valence-corrected chi connectivity index (χ0v) is 33.2. The van der Waals surface area contributed by atoms with E-state index in [2.05, 4.69) is 58.3 Å². The quantitative estimate of drug-likeness (QED) is 0.223. The Bertz CT molecular complexity index is 1860. The molecule has 0 aliphatic heterocycles. The summed E-state index contributed by atoms with van der Waals surface area (Å²) in [7, 11) is 32.6. The minimum Gasteiger partial charge on any atom is -0.465 e. The first-order chi connectivity index (χ1) is 26.1. The van der Waals surface area contributed by atoms with Crippen molar-refractivity contribution < 1.29 is 29.0 Å². The van der Waals surface area contributed by atoms with Gasteiger partial charge in [0.1, 0.15) is 5.78 Å². The van der Waals surface area contributed by atoms with Gasteiger partial charge >= 0.3 is 11.9 Å². The summed E-state index contributed by atoms with van der Waals surface area (Å²) in [5, 5.41) is 11.6. The van der Waals surface area contributed by atoms with E-state index in [-0.39, 0.29) is 24.1 Å². The molecule has 55 heavy (non-hydrogen) atoms. The number of aliphatic hydroxyl groups is 1. The van der Waals surface area contributed by atoms with Crippen LogP contribution in [0.3, 0.4) is 0 Å². The van der Waals surface area contributed by atoms with Gasteiger partial charge < -0.3 is 23.7 Å². The predicted octanol–water partition coefficient (Wildman–Crippen LogP) is 4.48. The van der Waals surface area contributed by atoms with Gasteiger partial charge in [-0.2, -0.15) is 0 Å². The van der Waals surface area contributed by atoms with E-state index in [1.807, 2.05) is 50.2 Å². The van der Waals surface area contributed by atoms with E-state index >= 15 is 0 Å². The number of methoxy groups -OCH3 is 2. The van der Waals surface area contributed by atoms with Gasteiger partial charge in [0.2, 0.25) is 0 Å². The lowest BCUT2D eigenvalue weighted by atomic mass is 8.97. The Kier molecular flexibility index (Phi) is 18.3. The van der Waals surface area contributed by atoms with E-state index < -0.39 is 12.8 Å². The molecule has 8 nitrogen and oxygen atoms in total. The zero-order chi connectivity index (χ0) is 41.0. The minimum absolute atomic E-state index is 0.147. The lowest BCUT2D eigenvalue weighted by Crippen LogP contribution is -2.25. The molecule has 0 saturated heterocycles. The summed E-state index contributed by atoms with van der Waals surface area (Å²) in [6.45, 7) is 8.40. The number of nitrogens with zero attached hydrogens (tertiary/aromatic N) is 2. The average molecular weight is 726 g/mol. The largest absolute Gasteiger partial charge is 0.465 e. The molecule has 6 rings (SSSR count). The molecule has 17 heteroatoms. The molecule has 0 amide bonds. The average Bonchev–Trinajstić information content (AvgIpc) is 3.64. The van der Waals surface area contributed by atoms with Gasteiger partial charge in [-0.3, -0.25) is 4.79 Å². The number of carbonyl (C=O) groups excluding carboxylic acids is 3. The zero-order valence-electron chi connectivity index (χ0n) is 33.2. The van der Waals surface area contributed by atoms with Crippen LogP contribution in [0.4, 0.5) is 0 Å². The first kappa shape index (κ1) is 46.1. The van der Waals surface area contributed by atoms with Crippen LogP contribution in [0.25, 0.3) is 21.8 Å². The van der Waals surface area contributed by atoms with Crippen molar-refractivity contribution in [3.63, 3.8) is 0 Å². The third kappa shape index (κ3) is 11.8. The summed E-state index contributed by atoms with van der Waals surface area (Å²) in [5.41, 5.74) is 5.39. The van der Waals surface area contributed by atoms with Gasteiger partial charge in [0.05, 0.1) is 31.5 Å². The fourth-order valence-electron chi connectivity index (χ4n) is 8.00. The number of hydrogen-bond donors (Lipinski definition) is 1. The molecule has 2 aliphatic carbocycles. The van der Waals surface area contributed by atoms with Crippen molar-refractivity contribution in [3.8, 4) is 0 Å². The highest BCUT2D eigenvalue weighted by Gasteiger charge is 2.31. The van der Waals surface area contributed by atoms with Gasteiger partial charge in [-0.1, -0.05) is 36.4 Å². The molecule has 1 N–H and O–H groups in total. The van der Waals surface area contributed by atoms with Crippen LogP contribution in [0.1, 0.15) is 109 Å². The molecular weight excluding hydrogens is 678 g/mol. The Labute approximate surface area is 337 Å². The van der Waals surface area contributed by atoms with Gasteiger partial charge in [0.25, 0.3) is 0 Å². The number of carbonyl (C=O) groups is 3. The molecule has 2 atom stereocenters. The van der Waals surface area contributed by atoms with Crippen LogP contribution >= 0.6 is 0 Å². The van der Waals surface area contributed by atoms with Gasteiger partial charge in [-0.25, -0.2) is 9.59 Å². The summed E-state index contributed by atoms with van der Waals surface area (Å²) < 4.78 is 14.5. The van der Waals surface area contributed by atoms with Crippen LogP contribution in [0.2, 0.25) is 0 Å². The van der Waals surface area contributed by atoms with Crippen molar-refractivity contribution in [2.75, 3.05) is 14.2 Å². The van der Waals surface area contributed by atoms with E-state index in [9.17, 15) is 19.5 Å².